The van der Waals surface area contributed by atoms with Crippen LogP contribution in [-0.4, -0.2) is 35.3 Å². The highest BCUT2D eigenvalue weighted by molar-refractivity contribution is 7.90. The monoisotopic (exact) mass is 681 g/mol. The molecule has 7 nitrogen and oxygen atoms in total. The molecule has 6 rings (SSSR count). The Morgan fingerprint density at radius 2 is 1.49 bits per heavy atom. The van der Waals surface area contributed by atoms with Gasteiger partial charge in [-0.15, -0.1) is 0 Å². The minimum atomic E-state index is -3.23. The molecule has 0 aliphatic rings. The van der Waals surface area contributed by atoms with E-state index in [4.69, 9.17) is 28.2 Å². The summed E-state index contributed by atoms with van der Waals surface area (Å²) >= 11 is 12.7. The van der Waals surface area contributed by atoms with Crippen molar-refractivity contribution in [2.24, 2.45) is 0 Å². The number of aromatic carboxylic acids is 1. The number of benzene rings is 5. The molecule has 0 atom stereocenters. The second-order valence-corrected chi connectivity index (χ2v) is 14.0. The molecule has 6 aromatic rings. The molecule has 5 aromatic carbocycles. The summed E-state index contributed by atoms with van der Waals surface area (Å²) in [5.41, 5.74) is 7.47. The lowest BCUT2D eigenvalue weighted by molar-refractivity contribution is 0.0697. The van der Waals surface area contributed by atoms with E-state index in [9.17, 15) is 18.3 Å². The van der Waals surface area contributed by atoms with Crippen molar-refractivity contribution in [2.45, 2.75) is 18.0 Å². The zero-order valence-electron chi connectivity index (χ0n) is 25.2. The fourth-order valence-corrected chi connectivity index (χ4v) is 6.36. The SMILES string of the molecule is CS(=O)(=O)c1ccc(CNc2cccc(-c3ccc(-c4nc(-c5ccc(Cl)cc5Cl)cn4Cc4ccc(C(=O)O)cc4)cc3)c2)cc1. The quantitative estimate of drug-likeness (QED) is 0.150. The number of rotatable bonds is 10. The van der Waals surface area contributed by atoms with Crippen molar-refractivity contribution in [1.82, 2.24) is 9.55 Å². The molecule has 0 saturated carbocycles. The van der Waals surface area contributed by atoms with Gasteiger partial charge in [0.25, 0.3) is 0 Å². The van der Waals surface area contributed by atoms with Gasteiger partial charge in [-0.3, -0.25) is 0 Å². The van der Waals surface area contributed by atoms with Gasteiger partial charge >= 0.3 is 5.97 Å². The number of hydrogen-bond acceptors (Lipinski definition) is 5. The highest BCUT2D eigenvalue weighted by Crippen LogP contribution is 2.33. The minimum absolute atomic E-state index is 0.228. The minimum Gasteiger partial charge on any atom is -0.478 e. The van der Waals surface area contributed by atoms with E-state index in [1.165, 1.54) is 6.26 Å². The number of hydrogen-bond donors (Lipinski definition) is 2. The molecule has 0 unspecified atom stereocenters. The van der Waals surface area contributed by atoms with Crippen LogP contribution in [0.3, 0.4) is 0 Å². The van der Waals surface area contributed by atoms with E-state index in [2.05, 4.69) is 11.4 Å². The van der Waals surface area contributed by atoms with Gasteiger partial charge in [-0.1, -0.05) is 83.9 Å². The zero-order valence-corrected chi connectivity index (χ0v) is 27.5. The van der Waals surface area contributed by atoms with Crippen molar-refractivity contribution >= 4 is 44.7 Å². The maximum absolute atomic E-state index is 11.8. The molecule has 0 radical (unpaired) electrons. The van der Waals surface area contributed by atoms with E-state index >= 15 is 0 Å². The molecular weight excluding hydrogens is 653 g/mol. The van der Waals surface area contributed by atoms with E-state index < -0.39 is 15.8 Å². The third-order valence-corrected chi connectivity index (χ3v) is 9.40. The largest absolute Gasteiger partial charge is 0.478 e. The maximum Gasteiger partial charge on any atom is 0.335 e. The summed E-state index contributed by atoms with van der Waals surface area (Å²) in [5, 5.41) is 13.8. The van der Waals surface area contributed by atoms with Gasteiger partial charge in [-0.2, -0.15) is 0 Å². The van der Waals surface area contributed by atoms with Gasteiger partial charge in [0.05, 0.1) is 21.2 Å². The summed E-state index contributed by atoms with van der Waals surface area (Å²) in [6, 6.07) is 35.2. The lowest BCUT2D eigenvalue weighted by Crippen LogP contribution is -2.02. The summed E-state index contributed by atoms with van der Waals surface area (Å²) in [4.78, 5) is 16.6. The van der Waals surface area contributed by atoms with Crippen molar-refractivity contribution in [3.63, 3.8) is 0 Å². The first-order valence-corrected chi connectivity index (χ1v) is 17.3. The average molecular weight is 683 g/mol. The molecule has 47 heavy (non-hydrogen) atoms. The highest BCUT2D eigenvalue weighted by atomic mass is 35.5. The van der Waals surface area contributed by atoms with Gasteiger partial charge in [-0.05, 0) is 76.9 Å². The van der Waals surface area contributed by atoms with Gasteiger partial charge in [0.2, 0.25) is 0 Å². The Bertz CT molecular complexity index is 2180. The molecular formula is C37H29Cl2N3O4S. The van der Waals surface area contributed by atoms with Crippen LogP contribution in [0.5, 0.6) is 0 Å². The topological polar surface area (TPSA) is 101 Å². The number of aromatic nitrogens is 2. The smallest absolute Gasteiger partial charge is 0.335 e. The van der Waals surface area contributed by atoms with E-state index in [1.54, 1.807) is 48.5 Å². The first-order chi connectivity index (χ1) is 22.5. The van der Waals surface area contributed by atoms with Gasteiger partial charge in [0, 0.05) is 47.4 Å². The van der Waals surface area contributed by atoms with Gasteiger partial charge in [-0.25, -0.2) is 18.2 Å². The molecule has 0 aliphatic heterocycles. The van der Waals surface area contributed by atoms with Gasteiger partial charge in [0.15, 0.2) is 9.84 Å². The van der Waals surface area contributed by atoms with Crippen LogP contribution in [0.15, 0.2) is 126 Å². The third kappa shape index (κ3) is 7.58. The fraction of sp³-hybridized carbons (Fsp3) is 0.0811. The number of halogens is 2. The lowest BCUT2D eigenvalue weighted by atomic mass is 10.0. The Morgan fingerprint density at radius 1 is 0.809 bits per heavy atom. The normalized spacial score (nSPS) is 11.4. The van der Waals surface area contributed by atoms with E-state index in [0.717, 1.165) is 44.9 Å². The highest BCUT2D eigenvalue weighted by Gasteiger charge is 2.16. The zero-order chi connectivity index (χ0) is 33.1. The van der Waals surface area contributed by atoms with Crippen molar-refractivity contribution in [3.8, 4) is 33.8 Å². The molecule has 0 amide bonds. The molecule has 0 fully saturated rings. The number of imidazole rings is 1. The van der Waals surface area contributed by atoms with Crippen LogP contribution < -0.4 is 5.32 Å². The molecule has 236 valence electrons. The molecule has 1 heterocycles. The first-order valence-electron chi connectivity index (χ1n) is 14.6. The van der Waals surface area contributed by atoms with Crippen molar-refractivity contribution in [1.29, 1.82) is 0 Å². The van der Waals surface area contributed by atoms with Gasteiger partial charge < -0.3 is 15.0 Å². The molecule has 10 heteroatoms. The number of nitrogens with zero attached hydrogens (tertiary/aromatic N) is 2. The lowest BCUT2D eigenvalue weighted by Gasteiger charge is -2.11. The van der Waals surface area contributed by atoms with Crippen LogP contribution in [0.1, 0.15) is 21.5 Å². The molecule has 0 saturated heterocycles. The fourth-order valence-electron chi connectivity index (χ4n) is 5.22. The van der Waals surface area contributed by atoms with E-state index in [-0.39, 0.29) is 5.56 Å². The van der Waals surface area contributed by atoms with Crippen molar-refractivity contribution in [3.05, 3.63) is 148 Å². The Morgan fingerprint density at radius 3 is 2.15 bits per heavy atom. The number of sulfone groups is 1. The summed E-state index contributed by atoms with van der Waals surface area (Å²) < 4.78 is 25.5. The van der Waals surface area contributed by atoms with Crippen LogP contribution in [0.25, 0.3) is 33.8 Å². The molecule has 0 bridgehead atoms. The molecule has 2 N–H and O–H groups in total. The second kappa shape index (κ2) is 13.5. The van der Waals surface area contributed by atoms with Crippen LogP contribution in [-0.2, 0) is 22.9 Å². The van der Waals surface area contributed by atoms with Crippen molar-refractivity contribution < 1.29 is 18.3 Å². The Labute approximate surface area is 283 Å². The van der Waals surface area contributed by atoms with Crippen molar-refractivity contribution in [2.75, 3.05) is 11.6 Å². The van der Waals surface area contributed by atoms with Crippen LogP contribution in [0.2, 0.25) is 10.0 Å². The summed E-state index contributed by atoms with van der Waals surface area (Å²) in [5.74, 6) is -0.237. The molecule has 0 aliphatic carbocycles. The molecule has 0 spiro atoms. The van der Waals surface area contributed by atoms with Crippen LogP contribution in [0.4, 0.5) is 5.69 Å². The molecule has 1 aromatic heterocycles. The second-order valence-electron chi connectivity index (χ2n) is 11.1. The number of carboxylic acids is 1. The first kappa shape index (κ1) is 32.1. The summed E-state index contributed by atoms with van der Waals surface area (Å²) in [7, 11) is -3.23. The van der Waals surface area contributed by atoms with Gasteiger partial charge in [0.1, 0.15) is 5.82 Å². The Kier molecular flexibility index (Phi) is 9.18. The number of carboxylic acid groups (broad SMARTS) is 1. The van der Waals surface area contributed by atoms with E-state index in [1.807, 2.05) is 71.4 Å². The predicted molar refractivity (Wildman–Crippen MR) is 188 cm³/mol. The summed E-state index contributed by atoms with van der Waals surface area (Å²) in [6.45, 7) is 1.02. The standard InChI is InChI=1S/C37H29Cl2N3O4S/c1-47(45,46)32-16-7-24(8-17-32)21-40-31-4-2-3-29(19-31)26-11-13-27(14-12-26)36-41-35(33-18-15-30(38)20-34(33)39)23-42(36)22-25-5-9-28(10-6-25)37(43)44/h2-20,23,40H,21-22H2,1H3,(H,43,44). The third-order valence-electron chi connectivity index (χ3n) is 7.72. The maximum atomic E-state index is 11.8. The summed E-state index contributed by atoms with van der Waals surface area (Å²) in [6.07, 6.45) is 3.14. The average Bonchev–Trinajstić information content (AvgIpc) is 3.47. The Hall–Kier alpha value is -4.89. The predicted octanol–water partition coefficient (Wildman–Crippen LogP) is 8.95. The number of carbonyl (C=O) groups is 1. The Balaban J connectivity index is 1.25. The number of anilines is 1. The van der Waals surface area contributed by atoms with Crippen LogP contribution >= 0.6 is 23.2 Å². The van der Waals surface area contributed by atoms with Crippen LogP contribution in [0, 0.1) is 0 Å². The van der Waals surface area contributed by atoms with E-state index in [0.29, 0.717) is 33.7 Å². The number of nitrogens with one attached hydrogen (secondary N) is 1.